The molecule has 8 heteroatoms. The van der Waals surface area contributed by atoms with Crippen LogP contribution in [0, 0.1) is 24.0 Å². The van der Waals surface area contributed by atoms with E-state index < -0.39 is 4.92 Å². The molecule has 7 nitrogen and oxygen atoms in total. The first-order valence-corrected chi connectivity index (χ1v) is 8.40. The minimum Gasteiger partial charge on any atom is -0.380 e. The molecule has 1 N–H and O–H groups in total. The predicted molar refractivity (Wildman–Crippen MR) is 99.0 cm³/mol. The summed E-state index contributed by atoms with van der Waals surface area (Å²) >= 11 is 3.35. The molecule has 0 bridgehead atoms. The van der Waals surface area contributed by atoms with Crippen LogP contribution in [0.5, 0.6) is 0 Å². The fraction of sp³-hybridized carbons (Fsp3) is 0.176. The number of nitro groups is 1. The third-order valence-electron chi connectivity index (χ3n) is 3.68. The van der Waals surface area contributed by atoms with Crippen LogP contribution in [0.3, 0.4) is 0 Å². The van der Waals surface area contributed by atoms with Crippen molar-refractivity contribution in [1.82, 2.24) is 14.8 Å². The van der Waals surface area contributed by atoms with E-state index in [1.165, 1.54) is 12.1 Å². The maximum Gasteiger partial charge on any atom is 0.270 e. The van der Waals surface area contributed by atoms with Crippen molar-refractivity contribution >= 4 is 27.3 Å². The number of nitro benzene ring substituents is 1. The van der Waals surface area contributed by atoms with Crippen LogP contribution in [-0.2, 0) is 6.54 Å². The smallest absolute Gasteiger partial charge is 0.270 e. The molecule has 0 fully saturated rings. The zero-order valence-electron chi connectivity index (χ0n) is 13.7. The molecule has 2 aromatic heterocycles. The molecule has 0 spiro atoms. The first-order valence-electron chi connectivity index (χ1n) is 7.60. The number of aromatic nitrogens is 3. The van der Waals surface area contributed by atoms with Crippen molar-refractivity contribution in [3.8, 4) is 5.82 Å². The number of pyridine rings is 1. The van der Waals surface area contributed by atoms with Gasteiger partial charge in [0.1, 0.15) is 0 Å². The van der Waals surface area contributed by atoms with Gasteiger partial charge in [-0.05, 0) is 53.5 Å². The molecule has 0 aliphatic carbocycles. The molecule has 3 rings (SSSR count). The highest BCUT2D eigenvalue weighted by molar-refractivity contribution is 9.10. The number of nitrogens with one attached hydrogen (secondary N) is 1. The third-order valence-corrected chi connectivity index (χ3v) is 4.34. The van der Waals surface area contributed by atoms with Crippen molar-refractivity contribution in [2.24, 2.45) is 0 Å². The lowest BCUT2D eigenvalue weighted by atomic mass is 10.2. The number of nitrogens with zero attached hydrogens (tertiary/aromatic N) is 4. The largest absolute Gasteiger partial charge is 0.380 e. The molecule has 0 amide bonds. The molecule has 128 valence electrons. The highest BCUT2D eigenvalue weighted by Crippen LogP contribution is 2.27. The van der Waals surface area contributed by atoms with Gasteiger partial charge in [0, 0.05) is 40.7 Å². The van der Waals surface area contributed by atoms with E-state index in [9.17, 15) is 10.1 Å². The lowest BCUT2D eigenvalue weighted by molar-refractivity contribution is -0.384. The highest BCUT2D eigenvalue weighted by Gasteiger charge is 2.09. The Kier molecular flexibility index (Phi) is 4.80. The summed E-state index contributed by atoms with van der Waals surface area (Å²) in [5.41, 5.74) is 3.82. The van der Waals surface area contributed by atoms with Crippen LogP contribution in [0.15, 0.2) is 47.1 Å². The first kappa shape index (κ1) is 17.1. The quantitative estimate of drug-likeness (QED) is 0.512. The van der Waals surface area contributed by atoms with Gasteiger partial charge in [-0.2, -0.15) is 5.10 Å². The van der Waals surface area contributed by atoms with Crippen LogP contribution >= 0.6 is 15.9 Å². The molecular weight excluding hydrogens is 386 g/mol. The number of benzene rings is 1. The molecular formula is C17H16BrN5O2. The fourth-order valence-corrected chi connectivity index (χ4v) is 2.97. The SMILES string of the molecule is Cc1cc(C)n(-c2ccc(CNc3ccc([N+](=O)[O-])cc3Br)cn2)n1. The minimum absolute atomic E-state index is 0.0494. The maximum atomic E-state index is 10.8. The number of halogens is 1. The van der Waals surface area contributed by atoms with E-state index in [0.717, 1.165) is 28.5 Å². The average molecular weight is 402 g/mol. The molecule has 0 atom stereocenters. The monoisotopic (exact) mass is 401 g/mol. The van der Waals surface area contributed by atoms with Gasteiger partial charge >= 0.3 is 0 Å². The van der Waals surface area contributed by atoms with Crippen molar-refractivity contribution in [2.75, 3.05) is 5.32 Å². The summed E-state index contributed by atoms with van der Waals surface area (Å²) in [5.74, 6) is 0.769. The second-order valence-electron chi connectivity index (χ2n) is 5.64. The number of non-ortho nitro benzene ring substituents is 1. The van der Waals surface area contributed by atoms with Gasteiger partial charge in [0.05, 0.1) is 10.6 Å². The van der Waals surface area contributed by atoms with Gasteiger partial charge in [-0.1, -0.05) is 6.07 Å². The Morgan fingerprint density at radius 1 is 1.24 bits per heavy atom. The number of anilines is 1. The third kappa shape index (κ3) is 3.85. The second-order valence-corrected chi connectivity index (χ2v) is 6.49. The van der Waals surface area contributed by atoms with Crippen LogP contribution in [0.1, 0.15) is 17.0 Å². The van der Waals surface area contributed by atoms with Gasteiger partial charge in [-0.25, -0.2) is 9.67 Å². The lowest BCUT2D eigenvalue weighted by Gasteiger charge is -2.09. The average Bonchev–Trinajstić information content (AvgIpc) is 2.92. The van der Waals surface area contributed by atoms with Gasteiger partial charge in [-0.15, -0.1) is 0 Å². The molecule has 3 aromatic rings. The van der Waals surface area contributed by atoms with Crippen molar-refractivity contribution in [3.63, 3.8) is 0 Å². The number of aryl methyl sites for hydroxylation is 2. The van der Waals surface area contributed by atoms with Gasteiger partial charge in [-0.3, -0.25) is 10.1 Å². The predicted octanol–water partition coefficient (Wildman–Crippen LogP) is 4.17. The Bertz CT molecular complexity index is 921. The summed E-state index contributed by atoms with van der Waals surface area (Å²) in [7, 11) is 0. The maximum absolute atomic E-state index is 10.8. The molecule has 0 aliphatic rings. The van der Waals surface area contributed by atoms with Crippen LogP contribution < -0.4 is 5.32 Å². The van der Waals surface area contributed by atoms with Gasteiger partial charge in [0.15, 0.2) is 5.82 Å². The number of hydrogen-bond donors (Lipinski definition) is 1. The summed E-state index contributed by atoms with van der Waals surface area (Å²) in [6.07, 6.45) is 1.79. The van der Waals surface area contributed by atoms with Crippen molar-refractivity contribution in [3.05, 3.63) is 74.1 Å². The van der Waals surface area contributed by atoms with E-state index in [2.05, 4.69) is 31.3 Å². The molecule has 0 saturated heterocycles. The van der Waals surface area contributed by atoms with Crippen molar-refractivity contribution < 1.29 is 4.92 Å². The van der Waals surface area contributed by atoms with E-state index in [4.69, 9.17) is 0 Å². The first-order chi connectivity index (χ1) is 11.9. The fourth-order valence-electron chi connectivity index (χ4n) is 2.47. The summed E-state index contributed by atoms with van der Waals surface area (Å²) in [5, 5.41) is 18.4. The number of rotatable bonds is 5. The van der Waals surface area contributed by atoms with Crippen molar-refractivity contribution in [1.29, 1.82) is 0 Å². The Morgan fingerprint density at radius 3 is 2.60 bits per heavy atom. The number of hydrogen-bond acceptors (Lipinski definition) is 5. The van der Waals surface area contributed by atoms with Crippen LogP contribution in [0.2, 0.25) is 0 Å². The van der Waals surface area contributed by atoms with Crippen molar-refractivity contribution in [2.45, 2.75) is 20.4 Å². The summed E-state index contributed by atoms with van der Waals surface area (Å²) in [6, 6.07) is 10.5. The normalized spacial score (nSPS) is 10.7. The Labute approximate surface area is 153 Å². The summed E-state index contributed by atoms with van der Waals surface area (Å²) in [6.45, 7) is 4.49. The Morgan fingerprint density at radius 2 is 2.04 bits per heavy atom. The molecule has 25 heavy (non-hydrogen) atoms. The standard InChI is InChI=1S/C17H16BrN5O2/c1-11-7-12(2)22(21-11)17-6-3-13(10-20-17)9-19-16-5-4-14(23(24)25)8-15(16)18/h3-8,10,19H,9H2,1-2H3. The molecule has 1 aromatic carbocycles. The van der Waals surface area contributed by atoms with E-state index in [-0.39, 0.29) is 5.69 Å². The molecule has 0 radical (unpaired) electrons. The lowest BCUT2D eigenvalue weighted by Crippen LogP contribution is -2.04. The van der Waals surface area contributed by atoms with E-state index >= 15 is 0 Å². The van der Waals surface area contributed by atoms with Gasteiger partial charge in [0.25, 0.3) is 5.69 Å². The topological polar surface area (TPSA) is 85.9 Å². The Hall–Kier alpha value is -2.74. The minimum atomic E-state index is -0.420. The van der Waals surface area contributed by atoms with Crippen LogP contribution in [-0.4, -0.2) is 19.7 Å². The highest BCUT2D eigenvalue weighted by atomic mass is 79.9. The van der Waals surface area contributed by atoms with Crippen LogP contribution in [0.4, 0.5) is 11.4 Å². The zero-order chi connectivity index (χ0) is 18.0. The zero-order valence-corrected chi connectivity index (χ0v) is 15.3. The van der Waals surface area contributed by atoms with Gasteiger partial charge in [0.2, 0.25) is 0 Å². The van der Waals surface area contributed by atoms with E-state index in [1.54, 1.807) is 16.9 Å². The second kappa shape index (κ2) is 7.02. The van der Waals surface area contributed by atoms with Crippen LogP contribution in [0.25, 0.3) is 5.82 Å². The molecule has 0 unspecified atom stereocenters. The van der Waals surface area contributed by atoms with E-state index in [1.807, 2.05) is 32.0 Å². The summed E-state index contributed by atoms with van der Waals surface area (Å²) < 4.78 is 2.45. The molecule has 2 heterocycles. The Balaban J connectivity index is 1.70. The molecule has 0 saturated carbocycles. The summed E-state index contributed by atoms with van der Waals surface area (Å²) in [4.78, 5) is 14.8. The van der Waals surface area contributed by atoms with E-state index in [0.29, 0.717) is 11.0 Å². The molecule has 0 aliphatic heterocycles. The van der Waals surface area contributed by atoms with Gasteiger partial charge < -0.3 is 5.32 Å².